The van der Waals surface area contributed by atoms with Gasteiger partial charge < -0.3 is 9.73 Å². The standard InChI is InChI=1S/C17H14Cl2N2O3/c18-11-5-3-6-12(16(11)19)20-15(22)9-4-10-21-13-7-1-2-8-14(13)24-17(21)23/h1-3,5-8H,4,9-10H2,(H,20,22). The van der Waals surface area contributed by atoms with E-state index in [0.29, 0.717) is 34.3 Å². The van der Waals surface area contributed by atoms with E-state index in [4.69, 9.17) is 27.6 Å². The molecule has 1 heterocycles. The van der Waals surface area contributed by atoms with Crippen molar-refractivity contribution < 1.29 is 9.21 Å². The fraction of sp³-hybridized carbons (Fsp3) is 0.176. The van der Waals surface area contributed by atoms with Gasteiger partial charge in [0.1, 0.15) is 0 Å². The number of carbonyl (C=O) groups is 1. The van der Waals surface area contributed by atoms with Crippen LogP contribution in [0.2, 0.25) is 10.0 Å². The Hall–Kier alpha value is -2.24. The zero-order valence-corrected chi connectivity index (χ0v) is 14.1. The normalized spacial score (nSPS) is 10.9. The maximum atomic E-state index is 12.0. The zero-order chi connectivity index (χ0) is 17.1. The molecule has 0 atom stereocenters. The highest BCUT2D eigenvalue weighted by molar-refractivity contribution is 6.43. The van der Waals surface area contributed by atoms with E-state index < -0.39 is 5.76 Å². The predicted octanol–water partition coefficient (Wildman–Crippen LogP) is 4.32. The molecule has 0 aliphatic carbocycles. The van der Waals surface area contributed by atoms with E-state index in [1.807, 2.05) is 12.1 Å². The number of nitrogens with one attached hydrogen (secondary N) is 1. The number of fused-ring (bicyclic) bond motifs is 1. The molecule has 0 unspecified atom stereocenters. The van der Waals surface area contributed by atoms with Crippen LogP contribution in [0, 0.1) is 0 Å². The number of hydrogen-bond acceptors (Lipinski definition) is 3. The number of oxazole rings is 1. The minimum atomic E-state index is -0.422. The first-order valence-electron chi connectivity index (χ1n) is 7.38. The Morgan fingerprint density at radius 3 is 2.75 bits per heavy atom. The van der Waals surface area contributed by atoms with Gasteiger partial charge in [0.05, 0.1) is 21.2 Å². The molecule has 0 fully saturated rings. The van der Waals surface area contributed by atoms with Crippen molar-refractivity contribution in [2.75, 3.05) is 5.32 Å². The molecule has 3 aromatic rings. The molecule has 0 radical (unpaired) electrons. The largest absolute Gasteiger partial charge is 0.419 e. The molecular formula is C17H14Cl2N2O3. The summed E-state index contributed by atoms with van der Waals surface area (Å²) in [5, 5.41) is 3.41. The molecule has 2 aromatic carbocycles. The zero-order valence-electron chi connectivity index (χ0n) is 12.6. The highest BCUT2D eigenvalue weighted by Crippen LogP contribution is 2.29. The van der Waals surface area contributed by atoms with Crippen LogP contribution in [0.1, 0.15) is 12.8 Å². The first-order chi connectivity index (χ1) is 11.6. The van der Waals surface area contributed by atoms with E-state index in [1.165, 1.54) is 4.57 Å². The Morgan fingerprint density at radius 1 is 1.12 bits per heavy atom. The van der Waals surface area contributed by atoms with Crippen molar-refractivity contribution in [2.45, 2.75) is 19.4 Å². The lowest BCUT2D eigenvalue weighted by atomic mass is 10.2. The van der Waals surface area contributed by atoms with Gasteiger partial charge in [-0.05, 0) is 30.7 Å². The van der Waals surface area contributed by atoms with Crippen molar-refractivity contribution in [3.05, 3.63) is 63.1 Å². The first-order valence-corrected chi connectivity index (χ1v) is 8.14. The second-order valence-electron chi connectivity index (χ2n) is 5.24. The summed E-state index contributed by atoms with van der Waals surface area (Å²) in [5.41, 5.74) is 1.73. The third-order valence-corrected chi connectivity index (χ3v) is 4.40. The van der Waals surface area contributed by atoms with E-state index in [1.54, 1.807) is 30.3 Å². The third kappa shape index (κ3) is 3.47. The molecule has 1 amide bonds. The Labute approximate surface area is 147 Å². The summed E-state index contributed by atoms with van der Waals surface area (Å²) in [6, 6.07) is 12.2. The molecule has 1 aromatic heterocycles. The summed E-state index contributed by atoms with van der Waals surface area (Å²) in [6.45, 7) is 0.395. The SMILES string of the molecule is O=C(CCCn1c(=O)oc2ccccc21)Nc1cccc(Cl)c1Cl. The van der Waals surface area contributed by atoms with Crippen LogP contribution in [0.25, 0.3) is 11.1 Å². The number of aromatic nitrogens is 1. The molecule has 0 bridgehead atoms. The fourth-order valence-electron chi connectivity index (χ4n) is 2.44. The van der Waals surface area contributed by atoms with Gasteiger partial charge in [-0.1, -0.05) is 41.4 Å². The maximum absolute atomic E-state index is 12.0. The Bertz CT molecular complexity index is 946. The summed E-state index contributed by atoms with van der Waals surface area (Å²) in [7, 11) is 0. The number of carbonyl (C=O) groups excluding carboxylic acids is 1. The fourth-order valence-corrected chi connectivity index (χ4v) is 2.78. The maximum Gasteiger partial charge on any atom is 0.419 e. The van der Waals surface area contributed by atoms with Crippen molar-refractivity contribution in [3.63, 3.8) is 0 Å². The Kier molecular flexibility index (Phi) is 4.92. The quantitative estimate of drug-likeness (QED) is 0.732. The van der Waals surface area contributed by atoms with Crippen molar-refractivity contribution in [2.24, 2.45) is 0 Å². The van der Waals surface area contributed by atoms with Crippen LogP contribution in [0.4, 0.5) is 5.69 Å². The molecule has 1 N–H and O–H groups in total. The summed E-state index contributed by atoms with van der Waals surface area (Å²) < 4.78 is 6.68. The van der Waals surface area contributed by atoms with Gasteiger partial charge in [0.15, 0.2) is 5.58 Å². The molecule has 7 heteroatoms. The average Bonchev–Trinajstić information content (AvgIpc) is 2.88. The minimum absolute atomic E-state index is 0.194. The van der Waals surface area contributed by atoms with Gasteiger partial charge in [0, 0.05) is 13.0 Å². The second-order valence-corrected chi connectivity index (χ2v) is 6.03. The van der Waals surface area contributed by atoms with E-state index in [9.17, 15) is 9.59 Å². The molecule has 3 rings (SSSR count). The van der Waals surface area contributed by atoms with Crippen LogP contribution in [-0.2, 0) is 11.3 Å². The van der Waals surface area contributed by atoms with Gasteiger partial charge in [0.25, 0.3) is 0 Å². The van der Waals surface area contributed by atoms with E-state index in [2.05, 4.69) is 5.32 Å². The van der Waals surface area contributed by atoms with Gasteiger partial charge >= 0.3 is 5.76 Å². The number of nitrogens with zero attached hydrogens (tertiary/aromatic N) is 1. The molecule has 0 spiro atoms. The number of anilines is 1. The second kappa shape index (κ2) is 7.11. The van der Waals surface area contributed by atoms with Gasteiger partial charge in [-0.2, -0.15) is 0 Å². The van der Waals surface area contributed by atoms with Gasteiger partial charge in [-0.3, -0.25) is 9.36 Å². The Morgan fingerprint density at radius 2 is 1.92 bits per heavy atom. The molecule has 5 nitrogen and oxygen atoms in total. The molecule has 0 aliphatic rings. The van der Waals surface area contributed by atoms with Crippen LogP contribution in [0.5, 0.6) is 0 Å². The van der Waals surface area contributed by atoms with Crippen LogP contribution >= 0.6 is 23.2 Å². The number of aryl methyl sites for hydroxylation is 1. The third-order valence-electron chi connectivity index (χ3n) is 3.58. The predicted molar refractivity (Wildman–Crippen MR) is 94.8 cm³/mol. The monoisotopic (exact) mass is 364 g/mol. The smallest absolute Gasteiger partial charge is 0.408 e. The van der Waals surface area contributed by atoms with Gasteiger partial charge in [0.2, 0.25) is 5.91 Å². The molecular weight excluding hydrogens is 351 g/mol. The molecule has 0 saturated carbocycles. The van der Waals surface area contributed by atoms with Crippen molar-refractivity contribution in [1.82, 2.24) is 4.57 Å². The molecule has 124 valence electrons. The molecule has 0 saturated heterocycles. The van der Waals surface area contributed by atoms with Crippen LogP contribution in [-0.4, -0.2) is 10.5 Å². The first kappa shape index (κ1) is 16.6. The van der Waals surface area contributed by atoms with Crippen LogP contribution < -0.4 is 11.1 Å². The number of para-hydroxylation sites is 2. The van der Waals surface area contributed by atoms with Gasteiger partial charge in [-0.25, -0.2) is 4.79 Å². The summed E-state index contributed by atoms with van der Waals surface area (Å²) >= 11 is 11.9. The van der Waals surface area contributed by atoms with Crippen molar-refractivity contribution in [3.8, 4) is 0 Å². The van der Waals surface area contributed by atoms with E-state index in [-0.39, 0.29) is 12.3 Å². The lowest BCUT2D eigenvalue weighted by Gasteiger charge is -2.08. The summed E-state index contributed by atoms with van der Waals surface area (Å²) in [5.74, 6) is -0.616. The van der Waals surface area contributed by atoms with E-state index in [0.717, 1.165) is 5.52 Å². The average molecular weight is 365 g/mol. The highest BCUT2D eigenvalue weighted by atomic mass is 35.5. The summed E-state index contributed by atoms with van der Waals surface area (Å²) in [4.78, 5) is 23.9. The van der Waals surface area contributed by atoms with E-state index >= 15 is 0 Å². The number of amides is 1. The Balaban J connectivity index is 1.62. The van der Waals surface area contributed by atoms with Crippen LogP contribution in [0.15, 0.2) is 51.7 Å². The number of benzene rings is 2. The summed E-state index contributed by atoms with van der Waals surface area (Å²) in [6.07, 6.45) is 0.738. The molecule has 0 aliphatic heterocycles. The number of halogens is 2. The number of hydrogen-bond donors (Lipinski definition) is 1. The van der Waals surface area contributed by atoms with Crippen LogP contribution in [0.3, 0.4) is 0 Å². The topological polar surface area (TPSA) is 64.2 Å². The highest BCUT2D eigenvalue weighted by Gasteiger charge is 2.11. The molecule has 24 heavy (non-hydrogen) atoms. The minimum Gasteiger partial charge on any atom is -0.408 e. The van der Waals surface area contributed by atoms with Crippen molar-refractivity contribution >= 4 is 45.9 Å². The lowest BCUT2D eigenvalue weighted by molar-refractivity contribution is -0.116. The number of rotatable bonds is 5. The van der Waals surface area contributed by atoms with Gasteiger partial charge in [-0.15, -0.1) is 0 Å². The lowest BCUT2D eigenvalue weighted by Crippen LogP contribution is -2.17. The van der Waals surface area contributed by atoms with Crippen molar-refractivity contribution in [1.29, 1.82) is 0 Å².